The molecule has 1 aromatic carbocycles. The van der Waals surface area contributed by atoms with Crippen molar-refractivity contribution in [1.29, 1.82) is 0 Å². The summed E-state index contributed by atoms with van der Waals surface area (Å²) in [5, 5.41) is 0. The van der Waals surface area contributed by atoms with Crippen LogP contribution in [0, 0.1) is 5.82 Å². The average Bonchev–Trinajstić information content (AvgIpc) is 2.05. The molecule has 0 amide bonds. The van der Waals surface area contributed by atoms with Gasteiger partial charge in [0.2, 0.25) is 0 Å². The highest BCUT2D eigenvalue weighted by molar-refractivity contribution is 5.31. The van der Waals surface area contributed by atoms with Gasteiger partial charge in [0.05, 0.1) is 5.56 Å². The quantitative estimate of drug-likeness (QED) is 0.763. The Hall–Kier alpha value is -1.10. The number of alkyl halides is 3. The SMILES string of the molecule is C[C@@H](N)Cc1ccc(F)cc1C(F)(F)F. The van der Waals surface area contributed by atoms with E-state index in [2.05, 4.69) is 0 Å². The first-order valence-electron chi connectivity index (χ1n) is 4.42. The van der Waals surface area contributed by atoms with Crippen molar-refractivity contribution in [3.05, 3.63) is 35.1 Å². The molecule has 0 heterocycles. The lowest BCUT2D eigenvalue weighted by molar-refractivity contribution is -0.138. The molecule has 15 heavy (non-hydrogen) atoms. The molecular weight excluding hydrogens is 210 g/mol. The summed E-state index contributed by atoms with van der Waals surface area (Å²) < 4.78 is 50.1. The summed E-state index contributed by atoms with van der Waals surface area (Å²) in [4.78, 5) is 0. The molecule has 0 aliphatic rings. The molecular formula is C10H11F4N. The molecule has 0 spiro atoms. The summed E-state index contributed by atoms with van der Waals surface area (Å²) in [7, 11) is 0. The van der Waals surface area contributed by atoms with E-state index in [1.807, 2.05) is 0 Å². The zero-order chi connectivity index (χ0) is 11.6. The van der Waals surface area contributed by atoms with Crippen LogP contribution in [0.15, 0.2) is 18.2 Å². The van der Waals surface area contributed by atoms with Crippen molar-refractivity contribution in [1.82, 2.24) is 0 Å². The second-order valence-corrected chi connectivity index (χ2v) is 3.48. The second-order valence-electron chi connectivity index (χ2n) is 3.48. The Morgan fingerprint density at radius 2 is 1.93 bits per heavy atom. The van der Waals surface area contributed by atoms with Crippen molar-refractivity contribution in [3.63, 3.8) is 0 Å². The molecule has 0 saturated heterocycles. The van der Waals surface area contributed by atoms with Gasteiger partial charge in [0.15, 0.2) is 0 Å². The fraction of sp³-hybridized carbons (Fsp3) is 0.400. The van der Waals surface area contributed by atoms with Gasteiger partial charge in [-0.05, 0) is 31.0 Å². The number of halogens is 4. The predicted octanol–water partition coefficient (Wildman–Crippen LogP) is 2.73. The first-order valence-corrected chi connectivity index (χ1v) is 4.42. The van der Waals surface area contributed by atoms with Gasteiger partial charge >= 0.3 is 6.18 Å². The minimum absolute atomic E-state index is 0.0268. The normalized spacial score (nSPS) is 14.0. The molecule has 0 aromatic heterocycles. The van der Waals surface area contributed by atoms with Crippen LogP contribution in [-0.4, -0.2) is 6.04 Å². The van der Waals surface area contributed by atoms with E-state index in [1.54, 1.807) is 6.92 Å². The highest BCUT2D eigenvalue weighted by Crippen LogP contribution is 2.32. The Morgan fingerprint density at radius 1 is 1.33 bits per heavy atom. The molecule has 5 heteroatoms. The molecule has 1 nitrogen and oxygen atoms in total. The number of benzene rings is 1. The van der Waals surface area contributed by atoms with Gasteiger partial charge in [-0.2, -0.15) is 13.2 Å². The molecule has 1 rings (SSSR count). The van der Waals surface area contributed by atoms with Crippen molar-refractivity contribution >= 4 is 0 Å². The van der Waals surface area contributed by atoms with E-state index >= 15 is 0 Å². The van der Waals surface area contributed by atoms with E-state index in [4.69, 9.17) is 5.73 Å². The van der Waals surface area contributed by atoms with Crippen molar-refractivity contribution in [2.45, 2.75) is 25.6 Å². The topological polar surface area (TPSA) is 26.0 Å². The Balaban J connectivity index is 3.15. The van der Waals surface area contributed by atoms with E-state index < -0.39 is 23.6 Å². The number of rotatable bonds is 2. The number of nitrogens with two attached hydrogens (primary N) is 1. The van der Waals surface area contributed by atoms with Gasteiger partial charge in [0, 0.05) is 6.04 Å². The molecule has 0 aliphatic carbocycles. The molecule has 1 atom stereocenters. The highest BCUT2D eigenvalue weighted by atomic mass is 19.4. The van der Waals surface area contributed by atoms with Gasteiger partial charge in [0.1, 0.15) is 5.82 Å². The van der Waals surface area contributed by atoms with Crippen LogP contribution in [0.4, 0.5) is 17.6 Å². The number of hydrogen-bond acceptors (Lipinski definition) is 1. The van der Waals surface area contributed by atoms with E-state index in [1.165, 1.54) is 0 Å². The number of hydrogen-bond donors (Lipinski definition) is 1. The zero-order valence-electron chi connectivity index (χ0n) is 8.11. The summed E-state index contributed by atoms with van der Waals surface area (Å²) in [5.41, 5.74) is 4.50. The largest absolute Gasteiger partial charge is 0.416 e. The van der Waals surface area contributed by atoms with Crippen molar-refractivity contribution in [2.75, 3.05) is 0 Å². The van der Waals surface area contributed by atoms with Crippen LogP contribution in [0.1, 0.15) is 18.1 Å². The van der Waals surface area contributed by atoms with E-state index in [9.17, 15) is 17.6 Å². The van der Waals surface area contributed by atoms with Crippen molar-refractivity contribution < 1.29 is 17.6 Å². The van der Waals surface area contributed by atoms with Crippen molar-refractivity contribution in [3.8, 4) is 0 Å². The third kappa shape index (κ3) is 3.20. The summed E-state index contributed by atoms with van der Waals surface area (Å²) in [5.74, 6) is -0.893. The smallest absolute Gasteiger partial charge is 0.328 e. The molecule has 2 N–H and O–H groups in total. The van der Waals surface area contributed by atoms with Gasteiger partial charge in [-0.3, -0.25) is 0 Å². The predicted molar refractivity (Wildman–Crippen MR) is 48.8 cm³/mol. The maximum atomic E-state index is 12.7. The van der Waals surface area contributed by atoms with E-state index in [0.29, 0.717) is 6.07 Å². The second kappa shape index (κ2) is 4.18. The molecule has 1 aromatic rings. The average molecular weight is 221 g/mol. The third-order valence-electron chi connectivity index (χ3n) is 1.92. The standard InChI is InChI=1S/C10H11F4N/c1-6(15)4-7-2-3-8(11)5-9(7)10(12,13)14/h2-3,5-6H,4,15H2,1H3/t6-/m1/s1. The molecule has 84 valence electrons. The van der Waals surface area contributed by atoms with Crippen LogP contribution in [0.3, 0.4) is 0 Å². The monoisotopic (exact) mass is 221 g/mol. The Bertz CT molecular complexity index is 344. The summed E-state index contributed by atoms with van der Waals surface area (Å²) in [6.45, 7) is 1.60. The van der Waals surface area contributed by atoms with Crippen molar-refractivity contribution in [2.24, 2.45) is 5.73 Å². The minimum Gasteiger partial charge on any atom is -0.328 e. The zero-order valence-corrected chi connectivity index (χ0v) is 8.11. The molecule has 0 aliphatic heterocycles. The van der Waals surface area contributed by atoms with Gasteiger partial charge in [-0.1, -0.05) is 6.07 Å². The Morgan fingerprint density at radius 3 is 2.40 bits per heavy atom. The molecule has 0 saturated carbocycles. The van der Waals surface area contributed by atoms with E-state index in [0.717, 1.165) is 12.1 Å². The Labute approximate surface area is 84.9 Å². The lowest BCUT2D eigenvalue weighted by atomic mass is 10.0. The lowest BCUT2D eigenvalue weighted by Gasteiger charge is -2.14. The summed E-state index contributed by atoms with van der Waals surface area (Å²) >= 11 is 0. The lowest BCUT2D eigenvalue weighted by Crippen LogP contribution is -2.20. The van der Waals surface area contributed by atoms with Crippen LogP contribution < -0.4 is 5.73 Å². The van der Waals surface area contributed by atoms with Crippen LogP contribution in [0.5, 0.6) is 0 Å². The fourth-order valence-corrected chi connectivity index (χ4v) is 1.34. The minimum atomic E-state index is -4.54. The first-order chi connectivity index (χ1) is 6.80. The fourth-order valence-electron chi connectivity index (χ4n) is 1.34. The van der Waals surface area contributed by atoms with Gasteiger partial charge in [0.25, 0.3) is 0 Å². The third-order valence-corrected chi connectivity index (χ3v) is 1.92. The molecule has 0 radical (unpaired) electrons. The maximum Gasteiger partial charge on any atom is 0.416 e. The Kier molecular flexibility index (Phi) is 3.34. The van der Waals surface area contributed by atoms with Gasteiger partial charge in [-0.25, -0.2) is 4.39 Å². The van der Waals surface area contributed by atoms with E-state index in [-0.39, 0.29) is 12.0 Å². The maximum absolute atomic E-state index is 12.7. The van der Waals surface area contributed by atoms with Gasteiger partial charge < -0.3 is 5.73 Å². The summed E-state index contributed by atoms with van der Waals surface area (Å²) in [6, 6.07) is 2.24. The van der Waals surface area contributed by atoms with Crippen LogP contribution in [0.2, 0.25) is 0 Å². The first kappa shape index (κ1) is 12.0. The molecule has 0 bridgehead atoms. The van der Waals surface area contributed by atoms with Crippen LogP contribution in [-0.2, 0) is 12.6 Å². The van der Waals surface area contributed by atoms with Crippen LogP contribution in [0.25, 0.3) is 0 Å². The van der Waals surface area contributed by atoms with Gasteiger partial charge in [-0.15, -0.1) is 0 Å². The molecule has 0 unspecified atom stereocenters. The molecule has 0 fully saturated rings. The summed E-state index contributed by atoms with van der Waals surface area (Å²) in [6.07, 6.45) is -4.46. The van der Waals surface area contributed by atoms with Crippen LogP contribution >= 0.6 is 0 Å². The highest BCUT2D eigenvalue weighted by Gasteiger charge is 2.33.